The summed E-state index contributed by atoms with van der Waals surface area (Å²) in [5.74, 6) is -0.172. The maximum Gasteiger partial charge on any atom is 0.123 e. The molecule has 0 spiro atoms. The largest absolute Gasteiger partial charge is 0.328 e. The first kappa shape index (κ1) is 19.1. The van der Waals surface area contributed by atoms with Gasteiger partial charge in [0.1, 0.15) is 5.82 Å². The van der Waals surface area contributed by atoms with Crippen molar-refractivity contribution in [2.24, 2.45) is 5.73 Å². The van der Waals surface area contributed by atoms with Crippen LogP contribution in [0.5, 0.6) is 0 Å². The summed E-state index contributed by atoms with van der Waals surface area (Å²) in [7, 11) is 0. The zero-order valence-corrected chi connectivity index (χ0v) is 16.3. The van der Waals surface area contributed by atoms with Gasteiger partial charge in [-0.2, -0.15) is 0 Å². The van der Waals surface area contributed by atoms with E-state index in [2.05, 4.69) is 37.8 Å². The lowest BCUT2D eigenvalue weighted by atomic mass is 9.89. The number of hydrogen-bond acceptors (Lipinski definition) is 2. The molecular weight excluding hydrogens is 323 g/mol. The van der Waals surface area contributed by atoms with Crippen LogP contribution < -0.4 is 5.73 Å². The third-order valence-electron chi connectivity index (χ3n) is 5.76. The lowest BCUT2D eigenvalue weighted by Gasteiger charge is -2.37. The first-order valence-corrected chi connectivity index (χ1v) is 9.73. The van der Waals surface area contributed by atoms with Gasteiger partial charge < -0.3 is 5.73 Å². The van der Waals surface area contributed by atoms with Crippen molar-refractivity contribution in [1.29, 1.82) is 0 Å². The molecule has 3 rings (SSSR count). The van der Waals surface area contributed by atoms with Gasteiger partial charge >= 0.3 is 0 Å². The van der Waals surface area contributed by atoms with Crippen molar-refractivity contribution < 1.29 is 4.39 Å². The predicted molar refractivity (Wildman–Crippen MR) is 107 cm³/mol. The molecule has 3 heteroatoms. The van der Waals surface area contributed by atoms with Gasteiger partial charge in [-0.15, -0.1) is 0 Å². The molecule has 1 aliphatic carbocycles. The first-order valence-electron chi connectivity index (χ1n) is 9.73. The lowest BCUT2D eigenvalue weighted by Crippen LogP contribution is -2.40. The SMILES string of the molecule is Cc1cc(C)c(CN(Cc2ccc(F)cc2)C2CCC(N)CC2)c(C)c1. The zero-order valence-electron chi connectivity index (χ0n) is 16.3. The molecule has 0 bridgehead atoms. The normalized spacial score (nSPS) is 20.5. The molecule has 140 valence electrons. The van der Waals surface area contributed by atoms with Crippen LogP contribution in [0.3, 0.4) is 0 Å². The van der Waals surface area contributed by atoms with Crippen LogP contribution in [0.2, 0.25) is 0 Å². The molecule has 0 heterocycles. The van der Waals surface area contributed by atoms with Gasteiger partial charge in [-0.05, 0) is 80.8 Å². The van der Waals surface area contributed by atoms with Crippen molar-refractivity contribution in [3.63, 3.8) is 0 Å². The van der Waals surface area contributed by atoms with Gasteiger partial charge in [-0.3, -0.25) is 4.90 Å². The monoisotopic (exact) mass is 354 g/mol. The molecule has 2 N–H and O–H groups in total. The molecular formula is C23H31FN2. The van der Waals surface area contributed by atoms with E-state index in [4.69, 9.17) is 5.73 Å². The molecule has 0 aliphatic heterocycles. The number of nitrogens with two attached hydrogens (primary N) is 1. The van der Waals surface area contributed by atoms with Crippen LogP contribution in [0.4, 0.5) is 4.39 Å². The standard InChI is InChI=1S/C23H31FN2/c1-16-12-17(2)23(18(3)13-16)15-26(22-10-8-21(25)9-11-22)14-19-4-6-20(24)7-5-19/h4-7,12-13,21-22H,8-11,14-15,25H2,1-3H3. The van der Waals surface area contributed by atoms with E-state index in [-0.39, 0.29) is 5.82 Å². The van der Waals surface area contributed by atoms with Crippen molar-refractivity contribution in [2.75, 3.05) is 0 Å². The van der Waals surface area contributed by atoms with E-state index >= 15 is 0 Å². The number of benzene rings is 2. The molecule has 26 heavy (non-hydrogen) atoms. The van der Waals surface area contributed by atoms with Crippen LogP contribution >= 0.6 is 0 Å². The summed E-state index contributed by atoms with van der Waals surface area (Å²) in [5.41, 5.74) is 12.8. The van der Waals surface area contributed by atoms with E-state index in [1.54, 1.807) is 12.1 Å². The van der Waals surface area contributed by atoms with Crippen molar-refractivity contribution in [3.8, 4) is 0 Å². The summed E-state index contributed by atoms with van der Waals surface area (Å²) in [6.45, 7) is 8.37. The number of halogens is 1. The topological polar surface area (TPSA) is 29.3 Å². The maximum absolute atomic E-state index is 13.3. The lowest BCUT2D eigenvalue weighted by molar-refractivity contribution is 0.133. The van der Waals surface area contributed by atoms with Crippen LogP contribution in [0, 0.1) is 26.6 Å². The minimum Gasteiger partial charge on any atom is -0.328 e. The Hall–Kier alpha value is -1.71. The van der Waals surface area contributed by atoms with Crippen molar-refractivity contribution >= 4 is 0 Å². The molecule has 0 radical (unpaired) electrons. The fourth-order valence-corrected chi connectivity index (χ4v) is 4.27. The quantitative estimate of drug-likeness (QED) is 0.816. The average molecular weight is 355 g/mol. The van der Waals surface area contributed by atoms with E-state index in [1.807, 2.05) is 12.1 Å². The van der Waals surface area contributed by atoms with Gasteiger partial charge in [0, 0.05) is 25.2 Å². The first-order chi connectivity index (χ1) is 12.4. The molecule has 0 saturated heterocycles. The summed E-state index contributed by atoms with van der Waals surface area (Å²) in [6, 6.07) is 12.4. The Labute approximate surface area is 157 Å². The van der Waals surface area contributed by atoms with E-state index in [1.165, 1.54) is 27.8 Å². The summed E-state index contributed by atoms with van der Waals surface area (Å²) in [6.07, 6.45) is 4.48. The molecule has 2 aromatic rings. The van der Waals surface area contributed by atoms with Crippen LogP contribution in [0.1, 0.15) is 53.5 Å². The van der Waals surface area contributed by atoms with E-state index in [0.717, 1.165) is 38.8 Å². The Kier molecular flexibility index (Phi) is 6.10. The number of nitrogens with zero attached hydrogens (tertiary/aromatic N) is 1. The Morgan fingerprint density at radius 1 is 0.923 bits per heavy atom. The Morgan fingerprint density at radius 2 is 1.50 bits per heavy atom. The molecule has 1 fully saturated rings. The summed E-state index contributed by atoms with van der Waals surface area (Å²) in [4.78, 5) is 2.57. The van der Waals surface area contributed by atoms with Crippen LogP contribution in [-0.4, -0.2) is 17.0 Å². The predicted octanol–water partition coefficient (Wildman–Crippen LogP) is 5.02. The Morgan fingerprint density at radius 3 is 2.08 bits per heavy atom. The van der Waals surface area contributed by atoms with E-state index < -0.39 is 0 Å². The van der Waals surface area contributed by atoms with Gasteiger partial charge in [0.15, 0.2) is 0 Å². The second-order valence-electron chi connectivity index (χ2n) is 7.98. The molecule has 2 nitrogen and oxygen atoms in total. The van der Waals surface area contributed by atoms with E-state index in [0.29, 0.717) is 12.1 Å². The minimum atomic E-state index is -0.172. The molecule has 0 unspecified atom stereocenters. The van der Waals surface area contributed by atoms with Crippen LogP contribution in [0.25, 0.3) is 0 Å². The van der Waals surface area contributed by atoms with Gasteiger partial charge in [0.2, 0.25) is 0 Å². The summed E-state index contributed by atoms with van der Waals surface area (Å²) in [5, 5.41) is 0. The second-order valence-corrected chi connectivity index (χ2v) is 7.98. The molecule has 1 saturated carbocycles. The Balaban J connectivity index is 1.84. The highest BCUT2D eigenvalue weighted by atomic mass is 19.1. The van der Waals surface area contributed by atoms with Crippen molar-refractivity contribution in [3.05, 3.63) is 70.0 Å². The number of rotatable bonds is 5. The second kappa shape index (κ2) is 8.32. The number of aryl methyl sites for hydroxylation is 3. The highest BCUT2D eigenvalue weighted by Crippen LogP contribution is 2.27. The highest BCUT2D eigenvalue weighted by molar-refractivity contribution is 5.37. The average Bonchev–Trinajstić information content (AvgIpc) is 2.59. The van der Waals surface area contributed by atoms with Crippen molar-refractivity contribution in [2.45, 2.75) is 71.6 Å². The van der Waals surface area contributed by atoms with E-state index in [9.17, 15) is 4.39 Å². The van der Waals surface area contributed by atoms with Gasteiger partial charge in [0.25, 0.3) is 0 Å². The molecule has 2 aromatic carbocycles. The maximum atomic E-state index is 13.3. The van der Waals surface area contributed by atoms with Gasteiger partial charge in [-0.25, -0.2) is 4.39 Å². The smallest absolute Gasteiger partial charge is 0.123 e. The summed E-state index contributed by atoms with van der Waals surface area (Å²) >= 11 is 0. The fourth-order valence-electron chi connectivity index (χ4n) is 4.27. The highest BCUT2D eigenvalue weighted by Gasteiger charge is 2.25. The van der Waals surface area contributed by atoms with Gasteiger partial charge in [-0.1, -0.05) is 29.8 Å². The van der Waals surface area contributed by atoms with Crippen LogP contribution in [0.15, 0.2) is 36.4 Å². The third kappa shape index (κ3) is 4.72. The molecule has 0 atom stereocenters. The zero-order chi connectivity index (χ0) is 18.7. The molecule has 1 aliphatic rings. The van der Waals surface area contributed by atoms with Crippen LogP contribution in [-0.2, 0) is 13.1 Å². The molecule has 0 aromatic heterocycles. The summed E-state index contributed by atoms with van der Waals surface area (Å²) < 4.78 is 13.3. The molecule has 0 amide bonds. The van der Waals surface area contributed by atoms with Gasteiger partial charge in [0.05, 0.1) is 0 Å². The minimum absolute atomic E-state index is 0.172. The fraction of sp³-hybridized carbons (Fsp3) is 0.478. The number of hydrogen-bond donors (Lipinski definition) is 1. The Bertz CT molecular complexity index is 707. The third-order valence-corrected chi connectivity index (χ3v) is 5.76. The van der Waals surface area contributed by atoms with Crippen molar-refractivity contribution in [1.82, 2.24) is 4.90 Å².